The van der Waals surface area contributed by atoms with Gasteiger partial charge in [0.05, 0.1) is 52.1 Å². The van der Waals surface area contributed by atoms with Crippen molar-refractivity contribution < 1.29 is 31.5 Å². The molecule has 1 unspecified atom stereocenters. The highest BCUT2D eigenvalue weighted by atomic mass is 32.2. The first-order valence-electron chi connectivity index (χ1n) is 13.4. The normalized spacial score (nSPS) is 22.8. The zero-order valence-electron chi connectivity index (χ0n) is 25.8. The topological polar surface area (TPSA) is 77.1 Å². The number of methoxy groups -OCH3 is 1. The largest absolute Gasteiger partial charge is 0.493 e. The number of rotatable bonds is 8. The molecule has 0 saturated carbocycles. The lowest BCUT2D eigenvalue weighted by Crippen LogP contribution is -2.06. The molecule has 0 aliphatic rings. The average Bonchev–Trinajstić information content (AvgIpc) is 3.20. The van der Waals surface area contributed by atoms with Gasteiger partial charge in [0.2, 0.25) is 0 Å². The second-order valence-corrected chi connectivity index (χ2v) is 5.74. The molecule has 6 nitrogen and oxygen atoms in total. The van der Waals surface area contributed by atoms with Gasteiger partial charge in [0.1, 0.15) is 5.75 Å². The molecule has 7 heteroatoms. The van der Waals surface area contributed by atoms with Crippen LogP contribution in [-0.4, -0.2) is 39.3 Å². The molecule has 2 heterocycles. The molecule has 0 aliphatic heterocycles. The van der Waals surface area contributed by atoms with E-state index in [1.54, 1.807) is 24.3 Å². The monoisotopic (exact) mass is 372 g/mol. The van der Waals surface area contributed by atoms with Crippen LogP contribution in [-0.2, 0) is 21.2 Å². The van der Waals surface area contributed by atoms with Crippen molar-refractivity contribution in [2.45, 2.75) is 24.2 Å². The predicted octanol–water partition coefficient (Wildman–Crippen LogP) is 2.99. The number of aromatic amines is 1. The first-order valence-corrected chi connectivity index (χ1v) is 8.01. The second-order valence-electron chi connectivity index (χ2n) is 4.61. The summed E-state index contributed by atoms with van der Waals surface area (Å²) >= 11 is 0. The summed E-state index contributed by atoms with van der Waals surface area (Å²) in [6.07, 6.45) is -4.75. The van der Waals surface area contributed by atoms with Crippen molar-refractivity contribution in [1.29, 1.82) is 0 Å². The Morgan fingerprint density at radius 1 is 1.40 bits per heavy atom. The van der Waals surface area contributed by atoms with Crippen molar-refractivity contribution in [3.8, 4) is 5.75 Å². The average molecular weight is 373 g/mol. The lowest BCUT2D eigenvalue weighted by molar-refractivity contribution is 0.172. The molecule has 1 N–H and O–H groups in total. The molecule has 0 fully saturated rings. The SMILES string of the molecule is [2H]c1nc(C([2H])([2H])S(=O)c2nc3ccccc3[nH]2)c(C)c(OC([2H])([2H])C([2H])([2H])C([2H])([2H])OC([2H])([2H])[2H])c1[2H]. The minimum Gasteiger partial charge on any atom is -0.493 e. The Bertz CT molecular complexity index is 1360. The van der Waals surface area contributed by atoms with Crippen LogP contribution in [0, 0.1) is 6.92 Å². The number of nitrogens with one attached hydrogen (secondary N) is 1. The first-order chi connectivity index (χ1) is 17.1. The van der Waals surface area contributed by atoms with E-state index in [0.717, 1.165) is 6.92 Å². The van der Waals surface area contributed by atoms with Crippen LogP contribution in [0.1, 0.15) is 35.5 Å². The van der Waals surface area contributed by atoms with E-state index in [4.69, 9.17) is 22.6 Å². The summed E-state index contributed by atoms with van der Waals surface area (Å²) in [7, 11) is -6.03. The third-order valence-corrected chi connectivity index (χ3v) is 4.00. The van der Waals surface area contributed by atoms with E-state index in [1.807, 2.05) is 0 Å². The van der Waals surface area contributed by atoms with Gasteiger partial charge in [0, 0.05) is 37.2 Å². The number of benzene rings is 1. The van der Waals surface area contributed by atoms with Crippen LogP contribution in [0.25, 0.3) is 11.0 Å². The van der Waals surface area contributed by atoms with Crippen LogP contribution in [0.3, 0.4) is 0 Å². The molecule has 2 aromatic heterocycles. The molecule has 0 aliphatic carbocycles. The molecule has 25 heavy (non-hydrogen) atoms. The Morgan fingerprint density at radius 2 is 2.28 bits per heavy atom. The molecule has 0 amide bonds. The van der Waals surface area contributed by atoms with Crippen molar-refractivity contribution in [2.75, 3.05) is 20.2 Å². The highest BCUT2D eigenvalue weighted by molar-refractivity contribution is 7.84. The summed E-state index contributed by atoms with van der Waals surface area (Å²) in [6.45, 7) is -6.39. The lowest BCUT2D eigenvalue weighted by atomic mass is 10.2. The summed E-state index contributed by atoms with van der Waals surface area (Å²) in [5.74, 6) is -0.899. The number of nitrogens with zero attached hydrogens (tertiary/aromatic N) is 2. The van der Waals surface area contributed by atoms with Crippen LogP contribution in [0.5, 0.6) is 5.75 Å². The van der Waals surface area contributed by atoms with Gasteiger partial charge in [-0.3, -0.25) is 9.19 Å². The van der Waals surface area contributed by atoms with Gasteiger partial charge in [-0.1, -0.05) is 12.1 Å². The zero-order chi connectivity index (χ0) is 29.1. The molecule has 0 spiro atoms. The molecular weight excluding hydrogens is 338 g/mol. The number of fused-ring (bicyclic) bond motifs is 1. The zero-order valence-corrected chi connectivity index (χ0v) is 13.7. The number of pyridine rings is 1. The number of para-hydroxylation sites is 2. The first kappa shape index (κ1) is 7.55. The third kappa shape index (κ3) is 4.24. The number of H-pyrrole nitrogens is 1. The Morgan fingerprint density at radius 3 is 3.12 bits per heavy atom. The summed E-state index contributed by atoms with van der Waals surface area (Å²) in [6, 6.07) is 5.65. The maximum Gasteiger partial charge on any atom is 0.197 e. The van der Waals surface area contributed by atoms with Gasteiger partial charge in [0.25, 0.3) is 0 Å². The van der Waals surface area contributed by atoms with E-state index >= 15 is 0 Å². The standard InChI is InChI=1S/C18H21N3O3S/c1-13-16(19-9-8-17(13)24-11-5-10-23-2)12-25(22)18-20-14-6-3-4-7-15(14)21-18/h3-4,6-9H,5,10-12H2,1-2H3,(H,20,21)/i2D3,5D2,8D,9D,10D2,11D2,12D2. The minimum absolute atomic E-state index is 0.275. The molecule has 3 aromatic rings. The van der Waals surface area contributed by atoms with E-state index in [1.165, 1.54) is 0 Å². The van der Waals surface area contributed by atoms with Crippen LogP contribution >= 0.6 is 0 Å². The number of ether oxygens (including phenoxy) is 2. The van der Waals surface area contributed by atoms with Crippen LogP contribution in [0.15, 0.2) is 41.6 Å². The van der Waals surface area contributed by atoms with Gasteiger partial charge in [0.15, 0.2) is 5.16 Å². The quantitative estimate of drug-likeness (QED) is 0.658. The molecule has 132 valence electrons. The maximum atomic E-state index is 13.2. The van der Waals surface area contributed by atoms with Crippen molar-refractivity contribution in [3.05, 3.63) is 47.7 Å². The van der Waals surface area contributed by atoms with Gasteiger partial charge in [-0.15, -0.1) is 0 Å². The molecule has 0 bridgehead atoms. The molecule has 3 rings (SSSR count). The Kier molecular flexibility index (Phi) is 2.48. The minimum atomic E-state index is -3.81. The van der Waals surface area contributed by atoms with E-state index in [2.05, 4.69) is 19.7 Å². The van der Waals surface area contributed by atoms with E-state index in [0.29, 0.717) is 11.0 Å². The number of hydrogen-bond donors (Lipinski definition) is 1. The van der Waals surface area contributed by atoms with E-state index in [9.17, 15) is 4.21 Å². The summed E-state index contributed by atoms with van der Waals surface area (Å²) < 4.78 is 124. The van der Waals surface area contributed by atoms with Crippen molar-refractivity contribution >= 4 is 21.8 Å². The number of aromatic nitrogens is 3. The van der Waals surface area contributed by atoms with Gasteiger partial charge in [-0.2, -0.15) is 0 Å². The fourth-order valence-electron chi connectivity index (χ4n) is 1.90. The third-order valence-electron chi connectivity index (χ3n) is 3.07. The van der Waals surface area contributed by atoms with Gasteiger partial charge < -0.3 is 14.5 Å². The molecule has 0 saturated heterocycles. The van der Waals surface area contributed by atoms with E-state index < -0.39 is 72.3 Å². The molecule has 0 radical (unpaired) electrons. The summed E-state index contributed by atoms with van der Waals surface area (Å²) in [5.41, 5.74) is -3.16. The van der Waals surface area contributed by atoms with Crippen molar-refractivity contribution in [1.82, 2.24) is 15.0 Å². The second kappa shape index (κ2) is 8.22. The number of imidazole rings is 1. The Hall–Kier alpha value is -2.25. The van der Waals surface area contributed by atoms with Gasteiger partial charge >= 0.3 is 0 Å². The Labute approximate surface area is 167 Å². The van der Waals surface area contributed by atoms with Crippen LogP contribution < -0.4 is 4.74 Å². The van der Waals surface area contributed by atoms with Crippen LogP contribution in [0.4, 0.5) is 0 Å². The molecule has 1 aromatic carbocycles. The predicted molar refractivity (Wildman–Crippen MR) is 97.2 cm³/mol. The van der Waals surface area contributed by atoms with Gasteiger partial charge in [-0.05, 0) is 25.1 Å². The highest BCUT2D eigenvalue weighted by Gasteiger charge is 2.14. The molecule has 1 atom stereocenters. The van der Waals surface area contributed by atoms with Crippen LogP contribution in [0.2, 0.25) is 0 Å². The summed E-state index contributed by atoms with van der Waals surface area (Å²) in [4.78, 5) is 10.5. The lowest BCUT2D eigenvalue weighted by Gasteiger charge is -2.11. The van der Waals surface area contributed by atoms with Crippen molar-refractivity contribution in [2.24, 2.45) is 0 Å². The maximum absolute atomic E-state index is 13.2. The molecular formula is C18H21N3O3S. The number of hydrogen-bond acceptors (Lipinski definition) is 5. The van der Waals surface area contributed by atoms with E-state index in [-0.39, 0.29) is 5.16 Å². The smallest absolute Gasteiger partial charge is 0.197 e. The fourth-order valence-corrected chi connectivity index (χ4v) is 2.75. The fraction of sp³-hybridized carbons (Fsp3) is 0.333. The summed E-state index contributed by atoms with van der Waals surface area (Å²) in [5, 5.41) is -0.275. The Balaban J connectivity index is 2.07. The highest BCUT2D eigenvalue weighted by Crippen LogP contribution is 2.22. The van der Waals surface area contributed by atoms with Crippen molar-refractivity contribution in [3.63, 3.8) is 0 Å². The van der Waals surface area contributed by atoms with Gasteiger partial charge in [-0.25, -0.2) is 4.98 Å².